The minimum Gasteiger partial charge on any atom is -0.466 e. The van der Waals surface area contributed by atoms with Crippen LogP contribution in [0.5, 0.6) is 0 Å². The highest BCUT2D eigenvalue weighted by Crippen LogP contribution is 2.29. The minimum atomic E-state index is -0.470. The average Bonchev–Trinajstić information content (AvgIpc) is 3.28. The Hall–Kier alpha value is -1.86. The normalized spacial score (nSPS) is 13.8. The van der Waals surface area contributed by atoms with E-state index in [1.165, 1.54) is 11.8 Å². The van der Waals surface area contributed by atoms with Gasteiger partial charge in [0.05, 0.1) is 6.61 Å². The quantitative estimate of drug-likeness (QED) is 0.252. The maximum Gasteiger partial charge on any atom is 0.306 e. The molecule has 1 rings (SSSR count). The Labute approximate surface area is 202 Å². The van der Waals surface area contributed by atoms with Crippen molar-refractivity contribution in [1.82, 2.24) is 0 Å². The zero-order valence-corrected chi connectivity index (χ0v) is 21.4. The molecule has 0 aliphatic rings. The van der Waals surface area contributed by atoms with Crippen LogP contribution in [0.1, 0.15) is 77.0 Å². The largest absolute Gasteiger partial charge is 0.466 e. The molecule has 0 N–H and O–H groups in total. The number of ether oxygens (including phenoxy) is 2. The monoisotopic (exact) mass is 480 g/mol. The lowest BCUT2D eigenvalue weighted by atomic mass is 9.77. The van der Waals surface area contributed by atoms with E-state index in [4.69, 9.17) is 9.47 Å². The van der Waals surface area contributed by atoms with Crippen molar-refractivity contribution in [2.75, 3.05) is 20.3 Å². The van der Waals surface area contributed by atoms with Gasteiger partial charge in [-0.05, 0) is 62.8 Å². The van der Waals surface area contributed by atoms with Crippen LogP contribution >= 0.6 is 11.3 Å². The molecule has 0 fully saturated rings. The minimum absolute atomic E-state index is 0.0483. The molecule has 0 aliphatic carbocycles. The molecule has 33 heavy (non-hydrogen) atoms. The number of hydrogen-bond acceptors (Lipinski definition) is 7. The number of hydrogen-bond donors (Lipinski definition) is 0. The van der Waals surface area contributed by atoms with Gasteiger partial charge in [0, 0.05) is 56.6 Å². The third-order valence-corrected chi connectivity index (χ3v) is 6.94. The van der Waals surface area contributed by atoms with E-state index in [1.807, 2.05) is 18.4 Å². The van der Waals surface area contributed by atoms with Crippen LogP contribution in [0.2, 0.25) is 0 Å². The molecule has 1 aromatic heterocycles. The summed E-state index contributed by atoms with van der Waals surface area (Å²) in [4.78, 5) is 51.0. The standard InChI is InChI=1S/C26H40O6S/c1-5-22(28)17-21(9-7-10-24-11-8-14-33-24)25(19(3)27)18-23(29)15-20(12-13-31-4)16-26(30)32-6-2/h8,11,14,20-21,25H,5-7,9-10,12-13,15-18H2,1-4H3. The van der Waals surface area contributed by atoms with Crippen molar-refractivity contribution >= 4 is 34.7 Å². The number of aryl methyl sites for hydroxylation is 1. The van der Waals surface area contributed by atoms with Gasteiger partial charge in [0.25, 0.3) is 0 Å². The lowest BCUT2D eigenvalue weighted by molar-refractivity contribution is -0.144. The Kier molecular flexibility index (Phi) is 14.8. The van der Waals surface area contributed by atoms with Gasteiger partial charge in [0.2, 0.25) is 0 Å². The Morgan fingerprint density at radius 2 is 1.76 bits per heavy atom. The Balaban J connectivity index is 2.82. The predicted molar refractivity (Wildman–Crippen MR) is 130 cm³/mol. The fourth-order valence-electron chi connectivity index (χ4n) is 4.18. The maximum absolute atomic E-state index is 13.0. The van der Waals surface area contributed by atoms with Crippen molar-refractivity contribution < 1.29 is 28.7 Å². The van der Waals surface area contributed by atoms with Crippen molar-refractivity contribution in [3.05, 3.63) is 22.4 Å². The number of Topliss-reactive ketones (excluding diaryl/α,β-unsaturated/α-hetero) is 3. The lowest BCUT2D eigenvalue weighted by Crippen LogP contribution is -2.28. The third kappa shape index (κ3) is 12.2. The summed E-state index contributed by atoms with van der Waals surface area (Å²) in [7, 11) is 1.58. The first-order chi connectivity index (χ1) is 15.8. The van der Waals surface area contributed by atoms with Gasteiger partial charge >= 0.3 is 5.97 Å². The van der Waals surface area contributed by atoms with E-state index in [9.17, 15) is 19.2 Å². The first-order valence-corrected chi connectivity index (χ1v) is 12.9. The second-order valence-electron chi connectivity index (χ2n) is 8.65. The summed E-state index contributed by atoms with van der Waals surface area (Å²) in [5.41, 5.74) is 0. The second kappa shape index (κ2) is 16.7. The van der Waals surface area contributed by atoms with E-state index in [0.29, 0.717) is 32.5 Å². The second-order valence-corrected chi connectivity index (χ2v) is 9.68. The first kappa shape index (κ1) is 29.2. The van der Waals surface area contributed by atoms with Gasteiger partial charge in [-0.3, -0.25) is 19.2 Å². The zero-order chi connectivity index (χ0) is 24.6. The highest BCUT2D eigenvalue weighted by molar-refractivity contribution is 7.09. The molecule has 0 radical (unpaired) electrons. The van der Waals surface area contributed by atoms with E-state index in [1.54, 1.807) is 25.4 Å². The molecule has 1 heterocycles. The predicted octanol–water partition coefficient (Wildman–Crippen LogP) is 5.22. The molecule has 0 aromatic carbocycles. The van der Waals surface area contributed by atoms with E-state index >= 15 is 0 Å². The molecular formula is C26H40O6S. The van der Waals surface area contributed by atoms with Crippen LogP contribution in [0.3, 0.4) is 0 Å². The number of methoxy groups -OCH3 is 1. The average molecular weight is 481 g/mol. The molecule has 3 atom stereocenters. The summed E-state index contributed by atoms with van der Waals surface area (Å²) >= 11 is 1.70. The molecule has 7 heteroatoms. The molecule has 0 amide bonds. The fraction of sp³-hybridized carbons (Fsp3) is 0.692. The molecule has 1 aromatic rings. The van der Waals surface area contributed by atoms with Gasteiger partial charge in [0.15, 0.2) is 0 Å². The van der Waals surface area contributed by atoms with E-state index in [-0.39, 0.29) is 54.4 Å². The number of ketones is 3. The Morgan fingerprint density at radius 1 is 1.00 bits per heavy atom. The molecule has 186 valence electrons. The molecule has 0 bridgehead atoms. The van der Waals surface area contributed by atoms with E-state index in [2.05, 4.69) is 6.07 Å². The fourth-order valence-corrected chi connectivity index (χ4v) is 4.94. The van der Waals surface area contributed by atoms with Crippen LogP contribution in [-0.4, -0.2) is 43.6 Å². The van der Waals surface area contributed by atoms with Gasteiger partial charge < -0.3 is 9.47 Å². The SMILES string of the molecule is CCOC(=O)CC(CCOC)CC(=O)CC(C(C)=O)C(CCCc1cccs1)CC(=O)CC. The molecular weight excluding hydrogens is 440 g/mol. The number of carbonyl (C=O) groups is 4. The summed E-state index contributed by atoms with van der Waals surface area (Å²) in [6, 6.07) is 4.11. The lowest BCUT2D eigenvalue weighted by Gasteiger charge is -2.25. The Bertz CT molecular complexity index is 727. The van der Waals surface area contributed by atoms with Crippen LogP contribution in [0, 0.1) is 17.8 Å². The van der Waals surface area contributed by atoms with Gasteiger partial charge in [-0.25, -0.2) is 0 Å². The number of carbonyl (C=O) groups excluding carboxylic acids is 4. The van der Waals surface area contributed by atoms with Crippen molar-refractivity contribution in [2.24, 2.45) is 17.8 Å². The van der Waals surface area contributed by atoms with Gasteiger partial charge in [0.1, 0.15) is 17.3 Å². The number of thiophene rings is 1. The molecule has 0 saturated heterocycles. The molecule has 6 nitrogen and oxygen atoms in total. The van der Waals surface area contributed by atoms with Gasteiger partial charge in [-0.1, -0.05) is 13.0 Å². The van der Waals surface area contributed by atoms with Gasteiger partial charge in [-0.15, -0.1) is 11.3 Å². The molecule has 0 saturated carbocycles. The van der Waals surface area contributed by atoms with E-state index < -0.39 is 5.92 Å². The number of esters is 1. The third-order valence-electron chi connectivity index (χ3n) is 6.01. The van der Waals surface area contributed by atoms with Crippen LogP contribution in [0.25, 0.3) is 0 Å². The maximum atomic E-state index is 13.0. The van der Waals surface area contributed by atoms with Crippen molar-refractivity contribution in [1.29, 1.82) is 0 Å². The summed E-state index contributed by atoms with van der Waals surface area (Å²) < 4.78 is 10.2. The van der Waals surface area contributed by atoms with Crippen LogP contribution in [-0.2, 0) is 35.1 Å². The molecule has 0 spiro atoms. The highest BCUT2D eigenvalue weighted by Gasteiger charge is 2.30. The van der Waals surface area contributed by atoms with E-state index in [0.717, 1.165) is 19.3 Å². The smallest absolute Gasteiger partial charge is 0.306 e. The summed E-state index contributed by atoms with van der Waals surface area (Å²) in [6.07, 6.45) is 4.32. The summed E-state index contributed by atoms with van der Waals surface area (Å²) in [5, 5.41) is 2.04. The molecule has 3 unspecified atom stereocenters. The zero-order valence-electron chi connectivity index (χ0n) is 20.6. The van der Waals surface area contributed by atoms with Crippen molar-refractivity contribution in [3.63, 3.8) is 0 Å². The number of rotatable bonds is 19. The first-order valence-electron chi connectivity index (χ1n) is 12.0. The van der Waals surface area contributed by atoms with Crippen LogP contribution < -0.4 is 0 Å². The molecule has 0 aliphatic heterocycles. The topological polar surface area (TPSA) is 86.7 Å². The van der Waals surface area contributed by atoms with Gasteiger partial charge in [-0.2, -0.15) is 0 Å². The summed E-state index contributed by atoms with van der Waals surface area (Å²) in [6.45, 7) is 5.84. The highest BCUT2D eigenvalue weighted by atomic mass is 32.1. The summed E-state index contributed by atoms with van der Waals surface area (Å²) in [5.74, 6) is -1.09. The van der Waals surface area contributed by atoms with Crippen molar-refractivity contribution in [2.45, 2.75) is 78.6 Å². The van der Waals surface area contributed by atoms with Crippen LogP contribution in [0.15, 0.2) is 17.5 Å². The Morgan fingerprint density at radius 3 is 2.33 bits per heavy atom. The van der Waals surface area contributed by atoms with Crippen LogP contribution in [0.4, 0.5) is 0 Å². The van der Waals surface area contributed by atoms with Crippen molar-refractivity contribution in [3.8, 4) is 0 Å².